The minimum Gasteiger partial charge on any atom is -0.361 e. The van der Waals surface area contributed by atoms with E-state index in [1.165, 1.54) is 0 Å². The molecule has 1 fully saturated rings. The highest BCUT2D eigenvalue weighted by molar-refractivity contribution is 7.91. The van der Waals surface area contributed by atoms with E-state index >= 15 is 0 Å². The van der Waals surface area contributed by atoms with Crippen molar-refractivity contribution in [2.75, 3.05) is 18.1 Å². The van der Waals surface area contributed by atoms with E-state index in [4.69, 9.17) is 0 Å². The van der Waals surface area contributed by atoms with Gasteiger partial charge in [0.2, 0.25) is 0 Å². The maximum atomic E-state index is 12.7. The lowest BCUT2D eigenvalue weighted by molar-refractivity contribution is 0.0714. The molecule has 0 radical (unpaired) electrons. The van der Waals surface area contributed by atoms with Crippen LogP contribution in [0.4, 0.5) is 0 Å². The molecule has 1 unspecified atom stereocenters. The molecule has 1 N–H and O–H groups in total. The van der Waals surface area contributed by atoms with Crippen LogP contribution in [-0.4, -0.2) is 48.3 Å². The van der Waals surface area contributed by atoms with Crippen LogP contribution < -0.4 is 0 Å². The highest BCUT2D eigenvalue weighted by Gasteiger charge is 2.32. The normalized spacial score (nSPS) is 22.1. The zero-order valence-corrected chi connectivity index (χ0v) is 12.0. The Balaban J connectivity index is 1.95. The zero-order valence-electron chi connectivity index (χ0n) is 11.2. The first-order chi connectivity index (χ1) is 9.48. The van der Waals surface area contributed by atoms with Gasteiger partial charge in [0.1, 0.15) is 0 Å². The van der Waals surface area contributed by atoms with E-state index in [0.717, 1.165) is 10.9 Å². The van der Waals surface area contributed by atoms with Crippen molar-refractivity contribution < 1.29 is 13.2 Å². The molecule has 1 aliphatic rings. The van der Waals surface area contributed by atoms with Crippen molar-refractivity contribution in [3.63, 3.8) is 0 Å². The van der Waals surface area contributed by atoms with Gasteiger partial charge in [-0.1, -0.05) is 6.07 Å². The summed E-state index contributed by atoms with van der Waals surface area (Å²) in [5.41, 5.74) is 1.53. The van der Waals surface area contributed by atoms with Crippen LogP contribution in [0.15, 0.2) is 30.5 Å². The Morgan fingerprint density at radius 2 is 2.15 bits per heavy atom. The number of hydrogen-bond acceptors (Lipinski definition) is 3. The van der Waals surface area contributed by atoms with E-state index < -0.39 is 9.84 Å². The third kappa shape index (κ3) is 2.20. The molecular weight excluding hydrogens is 276 g/mol. The van der Waals surface area contributed by atoms with E-state index in [9.17, 15) is 13.2 Å². The van der Waals surface area contributed by atoms with Crippen molar-refractivity contribution in [1.82, 2.24) is 9.88 Å². The third-order valence-corrected chi connectivity index (χ3v) is 5.55. The van der Waals surface area contributed by atoms with Gasteiger partial charge in [-0.15, -0.1) is 0 Å². The van der Waals surface area contributed by atoms with Gasteiger partial charge in [-0.05, 0) is 25.1 Å². The van der Waals surface area contributed by atoms with Gasteiger partial charge in [0.25, 0.3) is 5.91 Å². The number of hydrogen-bond donors (Lipinski definition) is 1. The second-order valence-electron chi connectivity index (χ2n) is 5.21. The van der Waals surface area contributed by atoms with Gasteiger partial charge in [-0.2, -0.15) is 0 Å². The van der Waals surface area contributed by atoms with Gasteiger partial charge in [-0.25, -0.2) is 8.42 Å². The highest BCUT2D eigenvalue weighted by atomic mass is 32.2. The van der Waals surface area contributed by atoms with Crippen LogP contribution in [0.3, 0.4) is 0 Å². The molecule has 1 aromatic carbocycles. The van der Waals surface area contributed by atoms with Crippen LogP contribution in [0.25, 0.3) is 10.9 Å². The topological polar surface area (TPSA) is 70.2 Å². The maximum absolute atomic E-state index is 12.7. The first kappa shape index (κ1) is 13.2. The molecule has 1 saturated heterocycles. The van der Waals surface area contributed by atoms with Gasteiger partial charge in [0, 0.05) is 35.2 Å². The number of amides is 1. The molecule has 6 heteroatoms. The fraction of sp³-hybridized carbons (Fsp3) is 0.357. The summed E-state index contributed by atoms with van der Waals surface area (Å²) in [6.45, 7) is 2.05. The first-order valence-corrected chi connectivity index (χ1v) is 8.37. The van der Waals surface area contributed by atoms with Gasteiger partial charge in [0.15, 0.2) is 9.84 Å². The van der Waals surface area contributed by atoms with Crippen molar-refractivity contribution in [3.8, 4) is 0 Å². The summed E-state index contributed by atoms with van der Waals surface area (Å²) in [7, 11) is -3.01. The standard InChI is InChI=1S/C14H16N2O3S/c1-10-9-20(18,19)8-7-16(10)14(17)12-3-2-4-13-11(12)5-6-15-13/h2-6,10,15H,7-9H2,1H3. The fourth-order valence-corrected chi connectivity index (χ4v) is 4.28. The Kier molecular flexibility index (Phi) is 3.05. The molecule has 1 atom stereocenters. The van der Waals surface area contributed by atoms with Crippen LogP contribution in [-0.2, 0) is 9.84 Å². The molecule has 106 valence electrons. The summed E-state index contributed by atoms with van der Waals surface area (Å²) in [4.78, 5) is 17.4. The van der Waals surface area contributed by atoms with Crippen LogP contribution >= 0.6 is 0 Å². The van der Waals surface area contributed by atoms with Gasteiger partial charge in [-0.3, -0.25) is 4.79 Å². The summed E-state index contributed by atoms with van der Waals surface area (Å²) < 4.78 is 23.2. The molecule has 0 saturated carbocycles. The second kappa shape index (κ2) is 4.63. The highest BCUT2D eigenvalue weighted by Crippen LogP contribution is 2.21. The molecule has 2 aromatic rings. The summed E-state index contributed by atoms with van der Waals surface area (Å²) in [6, 6.07) is 7.12. The maximum Gasteiger partial charge on any atom is 0.254 e. The predicted molar refractivity (Wildman–Crippen MR) is 77.5 cm³/mol. The molecule has 2 heterocycles. The quantitative estimate of drug-likeness (QED) is 0.864. The van der Waals surface area contributed by atoms with Gasteiger partial charge in [0.05, 0.1) is 11.5 Å². The van der Waals surface area contributed by atoms with Crippen LogP contribution in [0.2, 0.25) is 0 Å². The Hall–Kier alpha value is -1.82. The number of sulfone groups is 1. The monoisotopic (exact) mass is 292 g/mol. The molecular formula is C14H16N2O3S. The Morgan fingerprint density at radius 3 is 2.90 bits per heavy atom. The third-order valence-electron chi connectivity index (χ3n) is 3.76. The lowest BCUT2D eigenvalue weighted by Crippen LogP contribution is -2.49. The minimum atomic E-state index is -3.01. The SMILES string of the molecule is CC1CS(=O)(=O)CCN1C(=O)c1cccc2[nH]ccc12. The second-order valence-corrected chi connectivity index (χ2v) is 7.44. The first-order valence-electron chi connectivity index (χ1n) is 6.55. The molecule has 20 heavy (non-hydrogen) atoms. The number of carbonyl (C=O) groups is 1. The van der Waals surface area contributed by atoms with Crippen molar-refractivity contribution in [3.05, 3.63) is 36.0 Å². The van der Waals surface area contributed by atoms with Crippen LogP contribution in [0, 0.1) is 0 Å². The van der Waals surface area contributed by atoms with E-state index in [-0.39, 0.29) is 30.0 Å². The summed E-state index contributed by atoms with van der Waals surface area (Å²) in [5.74, 6) is -0.00813. The van der Waals surface area contributed by atoms with Crippen LogP contribution in [0.5, 0.6) is 0 Å². The van der Waals surface area contributed by atoms with E-state index in [1.807, 2.05) is 18.2 Å². The summed E-state index contributed by atoms with van der Waals surface area (Å²) in [6.07, 6.45) is 1.80. The van der Waals surface area contributed by atoms with Crippen molar-refractivity contribution in [2.24, 2.45) is 0 Å². The molecule has 0 spiro atoms. The predicted octanol–water partition coefficient (Wildman–Crippen LogP) is 1.43. The lowest BCUT2D eigenvalue weighted by atomic mass is 10.1. The molecule has 1 aliphatic heterocycles. The van der Waals surface area contributed by atoms with Crippen molar-refractivity contribution in [2.45, 2.75) is 13.0 Å². The van der Waals surface area contributed by atoms with Gasteiger partial charge < -0.3 is 9.88 Å². The molecule has 3 rings (SSSR count). The van der Waals surface area contributed by atoms with Crippen LogP contribution in [0.1, 0.15) is 17.3 Å². The van der Waals surface area contributed by atoms with E-state index in [0.29, 0.717) is 5.56 Å². The smallest absolute Gasteiger partial charge is 0.254 e. The number of carbonyl (C=O) groups excluding carboxylic acids is 1. The minimum absolute atomic E-state index is 0.0435. The number of benzene rings is 1. The average Bonchev–Trinajstić information content (AvgIpc) is 2.85. The molecule has 0 bridgehead atoms. The number of aromatic nitrogens is 1. The van der Waals surface area contributed by atoms with E-state index in [2.05, 4.69) is 4.98 Å². The molecule has 1 aromatic heterocycles. The van der Waals surface area contributed by atoms with Gasteiger partial charge >= 0.3 is 0 Å². The average molecular weight is 292 g/mol. The Bertz CT molecular complexity index is 764. The Morgan fingerprint density at radius 1 is 1.35 bits per heavy atom. The molecule has 0 aliphatic carbocycles. The zero-order chi connectivity index (χ0) is 14.3. The number of nitrogens with zero attached hydrogens (tertiary/aromatic N) is 1. The fourth-order valence-electron chi connectivity index (χ4n) is 2.73. The number of aromatic amines is 1. The molecule has 1 amide bonds. The number of nitrogens with one attached hydrogen (secondary N) is 1. The largest absolute Gasteiger partial charge is 0.361 e. The van der Waals surface area contributed by atoms with Crippen molar-refractivity contribution in [1.29, 1.82) is 0 Å². The summed E-state index contributed by atoms with van der Waals surface area (Å²) in [5, 5.41) is 0.873. The lowest BCUT2D eigenvalue weighted by Gasteiger charge is -2.33. The Labute approximate surface area is 117 Å². The van der Waals surface area contributed by atoms with E-state index in [1.54, 1.807) is 24.1 Å². The van der Waals surface area contributed by atoms with Crippen molar-refractivity contribution >= 4 is 26.6 Å². The number of fused-ring (bicyclic) bond motifs is 1. The summed E-state index contributed by atoms with van der Waals surface area (Å²) >= 11 is 0. The molecule has 5 nitrogen and oxygen atoms in total. The number of H-pyrrole nitrogens is 1. The number of rotatable bonds is 1.